The highest BCUT2D eigenvalue weighted by Gasteiger charge is 2.31. The Balaban J connectivity index is 2.24. The summed E-state index contributed by atoms with van der Waals surface area (Å²) in [5, 5.41) is 10.5. The van der Waals surface area contributed by atoms with E-state index in [-0.39, 0.29) is 22.9 Å². The highest BCUT2D eigenvalue weighted by molar-refractivity contribution is 5.65. The molecule has 1 atom stereocenters. The molecule has 0 aliphatic rings. The first-order chi connectivity index (χ1) is 16.9. The second-order valence-corrected chi connectivity index (χ2v) is 11.1. The molecular formula is C33H46O3. The summed E-state index contributed by atoms with van der Waals surface area (Å²) in [5.74, 6) is 6.27. The van der Waals surface area contributed by atoms with Gasteiger partial charge in [-0.1, -0.05) is 76.8 Å². The van der Waals surface area contributed by atoms with Crippen molar-refractivity contribution < 1.29 is 14.6 Å². The summed E-state index contributed by atoms with van der Waals surface area (Å²) in [4.78, 5) is 10.9. The summed E-state index contributed by atoms with van der Waals surface area (Å²) in [6, 6.07) is 13.6. The lowest BCUT2D eigenvalue weighted by Gasteiger charge is -2.34. The average Bonchev–Trinajstić information content (AvgIpc) is 2.82. The van der Waals surface area contributed by atoms with Gasteiger partial charge < -0.3 is 9.84 Å². The molecule has 0 spiro atoms. The molecular weight excluding hydrogens is 444 g/mol. The maximum absolute atomic E-state index is 10.9. The first-order valence-electron chi connectivity index (χ1n) is 13.5. The van der Waals surface area contributed by atoms with Gasteiger partial charge in [0.1, 0.15) is 0 Å². The van der Waals surface area contributed by atoms with Crippen LogP contribution in [0.3, 0.4) is 0 Å². The Morgan fingerprint density at radius 1 is 1.00 bits per heavy atom. The smallest absolute Gasteiger partial charge is 0.302 e. The highest BCUT2D eigenvalue weighted by atomic mass is 16.5. The number of carbonyl (C=O) groups is 1. The number of aliphatic hydroxyl groups excluding tert-OH is 1. The lowest BCUT2D eigenvalue weighted by Crippen LogP contribution is -2.27. The molecule has 0 saturated carbocycles. The summed E-state index contributed by atoms with van der Waals surface area (Å²) in [7, 11) is 0. The Morgan fingerprint density at radius 3 is 2.14 bits per heavy atom. The zero-order chi connectivity index (χ0) is 26.9. The molecule has 3 nitrogen and oxygen atoms in total. The van der Waals surface area contributed by atoms with E-state index in [1.165, 1.54) is 34.7 Å². The van der Waals surface area contributed by atoms with E-state index in [0.29, 0.717) is 13.0 Å². The average molecular weight is 491 g/mol. The van der Waals surface area contributed by atoms with Crippen LogP contribution in [0.1, 0.15) is 107 Å². The van der Waals surface area contributed by atoms with Gasteiger partial charge in [-0.05, 0) is 85.3 Å². The van der Waals surface area contributed by atoms with Gasteiger partial charge in [0.2, 0.25) is 0 Å². The van der Waals surface area contributed by atoms with Crippen LogP contribution < -0.4 is 0 Å². The van der Waals surface area contributed by atoms with E-state index in [4.69, 9.17) is 4.74 Å². The van der Waals surface area contributed by atoms with Crippen molar-refractivity contribution in [2.45, 2.75) is 105 Å². The third-order valence-corrected chi connectivity index (χ3v) is 7.54. The van der Waals surface area contributed by atoms with Crippen LogP contribution in [0.25, 0.3) is 0 Å². The molecule has 0 saturated heterocycles. The van der Waals surface area contributed by atoms with E-state index >= 15 is 0 Å². The number of aryl methyl sites for hydroxylation is 3. The monoisotopic (exact) mass is 490 g/mol. The number of carbonyl (C=O) groups excluding carboxylic acids is 1. The van der Waals surface area contributed by atoms with Crippen molar-refractivity contribution in [3.8, 4) is 11.8 Å². The Labute approximate surface area is 219 Å². The second kappa shape index (κ2) is 13.1. The molecule has 196 valence electrons. The molecule has 2 aromatic carbocycles. The van der Waals surface area contributed by atoms with Gasteiger partial charge in [-0.3, -0.25) is 4.79 Å². The molecule has 3 heteroatoms. The fraction of sp³-hybridized carbons (Fsp3) is 0.545. The SMILES string of the molecule is CCC(CC)(c1ccc(C#CCCCOC(C)=O)c(C)c1)c1ccc(CCC(O)C(C)(C)C)c(C)c1. The molecule has 0 radical (unpaired) electrons. The van der Waals surface area contributed by atoms with Gasteiger partial charge in [-0.15, -0.1) is 0 Å². The predicted octanol–water partition coefficient (Wildman–Crippen LogP) is 7.44. The molecule has 0 aliphatic carbocycles. The van der Waals surface area contributed by atoms with Crippen LogP contribution in [-0.2, 0) is 21.4 Å². The molecule has 36 heavy (non-hydrogen) atoms. The number of benzene rings is 2. The first-order valence-corrected chi connectivity index (χ1v) is 13.5. The van der Waals surface area contributed by atoms with Crippen LogP contribution in [0, 0.1) is 31.1 Å². The Hall–Kier alpha value is -2.57. The summed E-state index contributed by atoms with van der Waals surface area (Å²) < 4.78 is 4.97. The van der Waals surface area contributed by atoms with E-state index in [1.807, 2.05) is 0 Å². The summed E-state index contributed by atoms with van der Waals surface area (Å²) >= 11 is 0. The minimum Gasteiger partial charge on any atom is -0.466 e. The van der Waals surface area contributed by atoms with Crippen molar-refractivity contribution in [2.24, 2.45) is 5.41 Å². The van der Waals surface area contributed by atoms with Gasteiger partial charge in [0, 0.05) is 24.3 Å². The minimum atomic E-state index is -0.305. The van der Waals surface area contributed by atoms with Crippen LogP contribution in [0.15, 0.2) is 36.4 Å². The number of esters is 1. The topological polar surface area (TPSA) is 46.5 Å². The Morgan fingerprint density at radius 2 is 1.61 bits per heavy atom. The highest BCUT2D eigenvalue weighted by Crippen LogP contribution is 2.40. The summed E-state index contributed by atoms with van der Waals surface area (Å²) in [6.45, 7) is 17.0. The van der Waals surface area contributed by atoms with E-state index in [1.54, 1.807) is 0 Å². The van der Waals surface area contributed by atoms with Gasteiger partial charge in [-0.25, -0.2) is 0 Å². The van der Waals surface area contributed by atoms with Crippen LogP contribution in [-0.4, -0.2) is 23.8 Å². The molecule has 0 amide bonds. The fourth-order valence-electron chi connectivity index (χ4n) is 4.87. The van der Waals surface area contributed by atoms with Gasteiger partial charge in [0.05, 0.1) is 12.7 Å². The van der Waals surface area contributed by atoms with Gasteiger partial charge >= 0.3 is 5.97 Å². The van der Waals surface area contributed by atoms with Crippen LogP contribution in [0.4, 0.5) is 0 Å². The lowest BCUT2D eigenvalue weighted by molar-refractivity contribution is -0.141. The molecule has 0 aliphatic heterocycles. The number of ether oxygens (including phenoxy) is 1. The van der Waals surface area contributed by atoms with Crippen LogP contribution in [0.2, 0.25) is 0 Å². The number of rotatable bonds is 10. The number of hydrogen-bond acceptors (Lipinski definition) is 3. The minimum absolute atomic E-state index is 0.0467. The van der Waals surface area contributed by atoms with Crippen LogP contribution >= 0.6 is 0 Å². The molecule has 0 fully saturated rings. The maximum atomic E-state index is 10.9. The van der Waals surface area contributed by atoms with Crippen molar-refractivity contribution >= 4 is 5.97 Å². The first kappa shape index (κ1) is 29.7. The van der Waals surface area contributed by atoms with E-state index < -0.39 is 0 Å². The summed E-state index contributed by atoms with van der Waals surface area (Å²) in [6.07, 6.45) is 4.87. The lowest BCUT2D eigenvalue weighted by atomic mass is 9.69. The van der Waals surface area contributed by atoms with Crippen molar-refractivity contribution in [1.29, 1.82) is 0 Å². The number of unbranched alkanes of at least 4 members (excludes halogenated alkanes) is 1. The molecule has 0 aromatic heterocycles. The maximum Gasteiger partial charge on any atom is 0.302 e. The molecule has 0 heterocycles. The van der Waals surface area contributed by atoms with Crippen molar-refractivity contribution in [3.63, 3.8) is 0 Å². The second-order valence-electron chi connectivity index (χ2n) is 11.1. The number of hydrogen-bond donors (Lipinski definition) is 1. The predicted molar refractivity (Wildman–Crippen MR) is 150 cm³/mol. The third kappa shape index (κ3) is 7.71. The molecule has 2 aromatic rings. The van der Waals surface area contributed by atoms with E-state index in [9.17, 15) is 9.90 Å². The Bertz CT molecular complexity index is 1070. The van der Waals surface area contributed by atoms with Crippen molar-refractivity contribution in [3.05, 3.63) is 69.8 Å². The standard InChI is InChI=1S/C33H46O3/c1-9-33(10-2,30-19-16-28(25(4)23-30)17-20-31(35)32(6,7)8)29-18-15-27(24(3)22-29)14-12-11-13-21-36-26(5)34/h15-16,18-19,22-23,31,35H,9-11,13,17,20-21H2,1-8H3. The third-order valence-electron chi connectivity index (χ3n) is 7.54. The molecule has 2 rings (SSSR count). The zero-order valence-electron chi connectivity index (χ0n) is 23.8. The molecule has 0 bridgehead atoms. The normalized spacial score (nSPS) is 12.6. The Kier molecular flexibility index (Phi) is 10.8. The van der Waals surface area contributed by atoms with Crippen molar-refractivity contribution in [2.75, 3.05) is 6.61 Å². The summed E-state index contributed by atoms with van der Waals surface area (Å²) in [5.41, 5.74) is 7.41. The quantitative estimate of drug-likeness (QED) is 0.214. The van der Waals surface area contributed by atoms with Crippen molar-refractivity contribution in [1.82, 2.24) is 0 Å². The molecule has 1 unspecified atom stereocenters. The van der Waals surface area contributed by atoms with E-state index in [0.717, 1.165) is 37.7 Å². The largest absolute Gasteiger partial charge is 0.466 e. The van der Waals surface area contributed by atoms with Gasteiger partial charge in [0.25, 0.3) is 0 Å². The van der Waals surface area contributed by atoms with Gasteiger partial charge in [0.15, 0.2) is 0 Å². The number of aliphatic hydroxyl groups is 1. The van der Waals surface area contributed by atoms with Crippen LogP contribution in [0.5, 0.6) is 0 Å². The van der Waals surface area contributed by atoms with Gasteiger partial charge in [-0.2, -0.15) is 0 Å². The van der Waals surface area contributed by atoms with E-state index in [2.05, 4.69) is 96.7 Å². The molecule has 1 N–H and O–H groups in total. The zero-order valence-corrected chi connectivity index (χ0v) is 23.8. The fourth-order valence-corrected chi connectivity index (χ4v) is 4.87.